The zero-order chi connectivity index (χ0) is 38.4. The van der Waals surface area contributed by atoms with Crippen LogP contribution in [0.25, 0.3) is 44.5 Å². The molecule has 0 saturated heterocycles. The van der Waals surface area contributed by atoms with Crippen LogP contribution in [0.15, 0.2) is 218 Å². The minimum absolute atomic E-state index is 0.307. The van der Waals surface area contributed by atoms with Crippen molar-refractivity contribution in [3.8, 4) is 44.5 Å². The van der Waals surface area contributed by atoms with Crippen LogP contribution in [-0.4, -0.2) is 0 Å². The maximum absolute atomic E-state index is 2.47. The lowest BCUT2D eigenvalue weighted by atomic mass is 9.70. The SMILES string of the molecule is CC1(c2ccccc2)c2ccccc2-c2ccc(N(c3ccc(-c4ccccc4)cc3)c3ccc4c(c3)-c3ccccc3C43c4ccccc4-c4ccccc43)cc21. The highest BCUT2D eigenvalue weighted by Crippen LogP contribution is 2.63. The van der Waals surface area contributed by atoms with Gasteiger partial charge in [0.25, 0.3) is 0 Å². The van der Waals surface area contributed by atoms with Crippen molar-refractivity contribution in [1.29, 1.82) is 0 Å². The van der Waals surface area contributed by atoms with Gasteiger partial charge in [-0.1, -0.05) is 182 Å². The van der Waals surface area contributed by atoms with E-state index in [0.717, 1.165) is 17.1 Å². The summed E-state index contributed by atoms with van der Waals surface area (Å²) < 4.78 is 0. The third-order valence-electron chi connectivity index (χ3n) is 13.4. The van der Waals surface area contributed by atoms with Crippen molar-refractivity contribution in [1.82, 2.24) is 0 Å². The van der Waals surface area contributed by atoms with Crippen LogP contribution in [0.4, 0.5) is 17.1 Å². The van der Waals surface area contributed by atoms with E-state index in [9.17, 15) is 0 Å². The number of hydrogen-bond acceptors (Lipinski definition) is 1. The summed E-state index contributed by atoms with van der Waals surface area (Å²) in [6, 6.07) is 81.3. The fourth-order valence-corrected chi connectivity index (χ4v) is 10.8. The average Bonchev–Trinajstić information content (AvgIpc) is 3.87. The van der Waals surface area contributed by atoms with E-state index in [1.807, 2.05) is 0 Å². The third kappa shape index (κ3) is 4.42. The number of benzene rings is 9. The largest absolute Gasteiger partial charge is 0.310 e. The number of nitrogens with zero attached hydrogens (tertiary/aromatic N) is 1. The number of rotatable bonds is 5. The van der Waals surface area contributed by atoms with Gasteiger partial charge in [0, 0.05) is 22.5 Å². The number of hydrogen-bond donors (Lipinski definition) is 0. The third-order valence-corrected chi connectivity index (χ3v) is 13.4. The maximum atomic E-state index is 2.47. The second-order valence-electron chi connectivity index (χ2n) is 16.1. The van der Waals surface area contributed by atoms with Gasteiger partial charge < -0.3 is 4.90 Å². The summed E-state index contributed by atoms with van der Waals surface area (Å²) in [7, 11) is 0. The molecule has 0 amide bonds. The first-order chi connectivity index (χ1) is 28.7. The van der Waals surface area contributed by atoms with Crippen LogP contribution in [-0.2, 0) is 10.8 Å². The number of fused-ring (bicyclic) bond motifs is 13. The Balaban J connectivity index is 1.08. The maximum Gasteiger partial charge on any atom is 0.0725 e. The summed E-state index contributed by atoms with van der Waals surface area (Å²) in [6.45, 7) is 2.40. The molecule has 0 aromatic heterocycles. The van der Waals surface area contributed by atoms with Crippen LogP contribution in [0.2, 0.25) is 0 Å². The monoisotopic (exact) mass is 737 g/mol. The second-order valence-corrected chi connectivity index (χ2v) is 16.1. The Labute approximate surface area is 340 Å². The van der Waals surface area contributed by atoms with Crippen LogP contribution in [0.5, 0.6) is 0 Å². The molecule has 3 aliphatic carbocycles. The zero-order valence-corrected chi connectivity index (χ0v) is 32.2. The normalized spacial score (nSPS) is 15.9. The molecule has 12 rings (SSSR count). The summed E-state index contributed by atoms with van der Waals surface area (Å²) in [5.74, 6) is 0. The molecular weight excluding hydrogens is 699 g/mol. The highest BCUT2D eigenvalue weighted by atomic mass is 15.1. The molecule has 0 N–H and O–H groups in total. The van der Waals surface area contributed by atoms with E-state index in [1.165, 1.54) is 83.5 Å². The van der Waals surface area contributed by atoms with Crippen molar-refractivity contribution in [2.24, 2.45) is 0 Å². The summed E-state index contributed by atoms with van der Waals surface area (Å²) in [4.78, 5) is 2.47. The molecule has 0 heterocycles. The fourth-order valence-electron chi connectivity index (χ4n) is 10.8. The van der Waals surface area contributed by atoms with Crippen molar-refractivity contribution in [2.45, 2.75) is 17.8 Å². The van der Waals surface area contributed by atoms with E-state index in [0.29, 0.717) is 0 Å². The molecule has 1 spiro atoms. The average molecular weight is 738 g/mol. The van der Waals surface area contributed by atoms with Gasteiger partial charge in [-0.05, 0) is 127 Å². The van der Waals surface area contributed by atoms with E-state index in [4.69, 9.17) is 0 Å². The predicted molar refractivity (Wildman–Crippen MR) is 240 cm³/mol. The molecule has 1 unspecified atom stereocenters. The molecule has 1 nitrogen and oxygen atoms in total. The van der Waals surface area contributed by atoms with Crippen molar-refractivity contribution < 1.29 is 0 Å². The number of anilines is 3. The van der Waals surface area contributed by atoms with Crippen LogP contribution in [0, 0.1) is 0 Å². The standard InChI is InChI=1S/C57H39N/c1-56(40-18-6-3-7-19-40)50-24-12-8-20-44(50)48-34-32-43(37-55(48)56)58(41-30-28-39(29-31-41)38-16-4-2-5-17-38)42-33-35-54-49(36-42)47-23-11-15-27-53(47)57(54)51-25-13-9-21-45(51)46-22-10-14-26-52(46)57/h2-37H,1H3. The van der Waals surface area contributed by atoms with E-state index in [-0.39, 0.29) is 10.8 Å². The second kappa shape index (κ2) is 12.4. The van der Waals surface area contributed by atoms with Crippen LogP contribution in [0.1, 0.15) is 45.9 Å². The van der Waals surface area contributed by atoms with Crippen LogP contribution in [0.3, 0.4) is 0 Å². The Morgan fingerprint density at radius 2 is 0.707 bits per heavy atom. The highest BCUT2D eigenvalue weighted by molar-refractivity contribution is 5.97. The minimum atomic E-state index is -0.378. The molecule has 0 fully saturated rings. The summed E-state index contributed by atoms with van der Waals surface area (Å²) >= 11 is 0. The van der Waals surface area contributed by atoms with E-state index < -0.39 is 0 Å². The quantitative estimate of drug-likeness (QED) is 0.170. The lowest BCUT2D eigenvalue weighted by molar-refractivity contribution is 0.714. The van der Waals surface area contributed by atoms with Gasteiger partial charge in [-0.15, -0.1) is 0 Å². The first kappa shape index (κ1) is 33.0. The predicted octanol–water partition coefficient (Wildman–Crippen LogP) is 14.5. The first-order valence-corrected chi connectivity index (χ1v) is 20.3. The Bertz CT molecular complexity index is 3020. The topological polar surface area (TPSA) is 3.24 Å². The smallest absolute Gasteiger partial charge is 0.0725 e. The fraction of sp³-hybridized carbons (Fsp3) is 0.0526. The van der Waals surface area contributed by atoms with E-state index >= 15 is 0 Å². The molecule has 1 atom stereocenters. The minimum Gasteiger partial charge on any atom is -0.310 e. The van der Waals surface area contributed by atoms with Gasteiger partial charge in [0.1, 0.15) is 0 Å². The zero-order valence-electron chi connectivity index (χ0n) is 32.2. The van der Waals surface area contributed by atoms with Gasteiger partial charge in [0.05, 0.1) is 5.41 Å². The Morgan fingerprint density at radius 1 is 0.293 bits per heavy atom. The van der Waals surface area contributed by atoms with Gasteiger partial charge in [0.15, 0.2) is 0 Å². The lowest BCUT2D eigenvalue weighted by Gasteiger charge is -2.32. The van der Waals surface area contributed by atoms with Gasteiger partial charge in [0.2, 0.25) is 0 Å². The summed E-state index contributed by atoms with van der Waals surface area (Å²) in [6.07, 6.45) is 0. The van der Waals surface area contributed by atoms with Crippen molar-refractivity contribution in [2.75, 3.05) is 4.90 Å². The van der Waals surface area contributed by atoms with E-state index in [1.54, 1.807) is 0 Å². The van der Waals surface area contributed by atoms with Crippen molar-refractivity contribution in [3.63, 3.8) is 0 Å². The molecule has 3 aliphatic rings. The Hall–Kier alpha value is -7.22. The molecule has 0 saturated carbocycles. The Morgan fingerprint density at radius 3 is 1.33 bits per heavy atom. The molecule has 9 aromatic carbocycles. The molecule has 0 radical (unpaired) electrons. The van der Waals surface area contributed by atoms with Crippen LogP contribution >= 0.6 is 0 Å². The highest BCUT2D eigenvalue weighted by Gasteiger charge is 2.51. The van der Waals surface area contributed by atoms with Gasteiger partial charge >= 0.3 is 0 Å². The Kier molecular flexibility index (Phi) is 7.04. The van der Waals surface area contributed by atoms with Crippen LogP contribution < -0.4 is 4.90 Å². The molecule has 0 aliphatic heterocycles. The van der Waals surface area contributed by atoms with Crippen molar-refractivity contribution >= 4 is 17.1 Å². The van der Waals surface area contributed by atoms with Gasteiger partial charge in [-0.3, -0.25) is 0 Å². The summed E-state index contributed by atoms with van der Waals surface area (Å²) in [5.41, 5.74) is 22.4. The van der Waals surface area contributed by atoms with E-state index in [2.05, 4.69) is 230 Å². The molecule has 272 valence electrons. The molecule has 1 heteroatoms. The molecule has 9 aromatic rings. The molecular formula is C57H39N. The van der Waals surface area contributed by atoms with Crippen molar-refractivity contribution in [3.05, 3.63) is 257 Å². The molecule has 58 heavy (non-hydrogen) atoms. The van der Waals surface area contributed by atoms with Gasteiger partial charge in [-0.2, -0.15) is 0 Å². The first-order valence-electron chi connectivity index (χ1n) is 20.3. The molecule has 0 bridgehead atoms. The lowest BCUT2D eigenvalue weighted by Crippen LogP contribution is -2.25. The summed E-state index contributed by atoms with van der Waals surface area (Å²) in [5, 5.41) is 0. The van der Waals surface area contributed by atoms with Gasteiger partial charge in [-0.25, -0.2) is 0 Å².